The summed E-state index contributed by atoms with van der Waals surface area (Å²) in [6.45, 7) is 1.32. The zero-order chi connectivity index (χ0) is 21.8. The summed E-state index contributed by atoms with van der Waals surface area (Å²) in [4.78, 5) is 22.2. The van der Waals surface area contributed by atoms with Crippen molar-refractivity contribution in [1.82, 2.24) is 19.2 Å². The number of hydrogen-bond donors (Lipinski definition) is 1. The van der Waals surface area contributed by atoms with E-state index in [-0.39, 0.29) is 16.5 Å². The summed E-state index contributed by atoms with van der Waals surface area (Å²) in [6.07, 6.45) is 3.05. The Morgan fingerprint density at radius 3 is 2.52 bits per heavy atom. The van der Waals surface area contributed by atoms with E-state index in [9.17, 15) is 13.2 Å². The van der Waals surface area contributed by atoms with E-state index in [4.69, 9.17) is 4.74 Å². The number of H-pyrrole nitrogens is 1. The van der Waals surface area contributed by atoms with Gasteiger partial charge < -0.3 is 14.6 Å². The van der Waals surface area contributed by atoms with Gasteiger partial charge in [0.05, 0.1) is 24.9 Å². The van der Waals surface area contributed by atoms with Gasteiger partial charge in [-0.25, -0.2) is 8.42 Å². The molecular weight excluding hydrogens is 416 g/mol. The molecule has 1 aliphatic heterocycles. The Morgan fingerprint density at radius 2 is 1.84 bits per heavy atom. The Labute approximate surface area is 181 Å². The molecule has 4 rings (SSSR count). The standard InChI is InChI=1S/C22H24N4O4S/c1-25(21(17-7-3-2-4-8-17)19-9-5-6-10-23-19)22(27)20-15-18(16-24-20)31(28,29)26-11-13-30-14-12-26/h2-10,15-16,21,24H,11-14H2,1H3. The first-order valence-electron chi connectivity index (χ1n) is 9.98. The monoisotopic (exact) mass is 440 g/mol. The predicted octanol–water partition coefficient (Wildman–Crippen LogP) is 2.29. The summed E-state index contributed by atoms with van der Waals surface area (Å²) in [5.41, 5.74) is 1.83. The first kappa shape index (κ1) is 21.2. The van der Waals surface area contributed by atoms with Gasteiger partial charge in [0.2, 0.25) is 10.0 Å². The van der Waals surface area contributed by atoms with Crippen LogP contribution < -0.4 is 0 Å². The molecule has 31 heavy (non-hydrogen) atoms. The number of nitrogens with zero attached hydrogens (tertiary/aromatic N) is 3. The third-order valence-corrected chi connectivity index (χ3v) is 7.16. The molecule has 1 aromatic carbocycles. The minimum Gasteiger partial charge on any atom is -0.379 e. The molecule has 0 aliphatic carbocycles. The van der Waals surface area contributed by atoms with Gasteiger partial charge in [-0.05, 0) is 23.8 Å². The topological polar surface area (TPSA) is 95.6 Å². The number of aromatic amines is 1. The highest BCUT2D eigenvalue weighted by Crippen LogP contribution is 2.28. The van der Waals surface area contributed by atoms with Crippen LogP contribution in [-0.2, 0) is 14.8 Å². The van der Waals surface area contributed by atoms with E-state index in [0.29, 0.717) is 26.3 Å². The quantitative estimate of drug-likeness (QED) is 0.635. The fourth-order valence-electron chi connectivity index (χ4n) is 3.66. The van der Waals surface area contributed by atoms with Crippen molar-refractivity contribution in [3.05, 3.63) is 83.9 Å². The van der Waals surface area contributed by atoms with Gasteiger partial charge in [-0.2, -0.15) is 4.31 Å². The lowest BCUT2D eigenvalue weighted by atomic mass is 10.0. The number of pyridine rings is 1. The average Bonchev–Trinajstić information content (AvgIpc) is 3.32. The minimum atomic E-state index is -3.69. The Bertz CT molecular complexity index is 1090. The first-order chi connectivity index (χ1) is 15.0. The number of aromatic nitrogens is 2. The van der Waals surface area contributed by atoms with E-state index < -0.39 is 16.1 Å². The average molecular weight is 441 g/mol. The molecule has 3 heterocycles. The highest BCUT2D eigenvalue weighted by atomic mass is 32.2. The van der Waals surface area contributed by atoms with E-state index in [1.165, 1.54) is 16.6 Å². The minimum absolute atomic E-state index is 0.0697. The second-order valence-electron chi connectivity index (χ2n) is 7.25. The van der Waals surface area contributed by atoms with Crippen molar-refractivity contribution in [2.75, 3.05) is 33.4 Å². The summed E-state index contributed by atoms with van der Waals surface area (Å²) >= 11 is 0. The van der Waals surface area contributed by atoms with E-state index >= 15 is 0 Å². The largest absolute Gasteiger partial charge is 0.379 e. The first-order valence-corrected chi connectivity index (χ1v) is 11.4. The summed E-state index contributed by atoms with van der Waals surface area (Å²) in [5.74, 6) is -0.331. The maximum absolute atomic E-state index is 13.3. The molecule has 9 heteroatoms. The van der Waals surface area contributed by atoms with Crippen LogP contribution in [0.2, 0.25) is 0 Å². The highest BCUT2D eigenvalue weighted by molar-refractivity contribution is 7.89. The number of carbonyl (C=O) groups is 1. The Kier molecular flexibility index (Phi) is 6.17. The van der Waals surface area contributed by atoms with Crippen LogP contribution in [0.3, 0.4) is 0 Å². The zero-order valence-corrected chi connectivity index (χ0v) is 18.0. The van der Waals surface area contributed by atoms with Crippen molar-refractivity contribution >= 4 is 15.9 Å². The third kappa shape index (κ3) is 4.39. The van der Waals surface area contributed by atoms with Gasteiger partial charge in [-0.15, -0.1) is 0 Å². The van der Waals surface area contributed by atoms with Crippen LogP contribution in [0.5, 0.6) is 0 Å². The molecule has 162 valence electrons. The number of amides is 1. The van der Waals surface area contributed by atoms with Crippen LogP contribution in [-0.4, -0.2) is 66.8 Å². The molecule has 1 fully saturated rings. The Balaban J connectivity index is 1.62. The Morgan fingerprint density at radius 1 is 1.13 bits per heavy atom. The molecule has 1 amide bonds. The third-order valence-electron chi connectivity index (χ3n) is 5.29. The molecule has 1 aliphatic rings. The second-order valence-corrected chi connectivity index (χ2v) is 9.19. The molecule has 1 N–H and O–H groups in total. The number of morpholine rings is 1. The van der Waals surface area contributed by atoms with Crippen LogP contribution in [0.15, 0.2) is 71.9 Å². The Hall–Kier alpha value is -3.01. The molecule has 0 saturated carbocycles. The molecule has 2 aromatic heterocycles. The number of hydrogen-bond acceptors (Lipinski definition) is 5. The smallest absolute Gasteiger partial charge is 0.270 e. The van der Waals surface area contributed by atoms with Gasteiger partial charge in [0.15, 0.2) is 0 Å². The SMILES string of the molecule is CN(C(=O)c1cc(S(=O)(=O)N2CCOCC2)c[nH]1)C(c1ccccc1)c1ccccn1. The van der Waals surface area contributed by atoms with Crippen molar-refractivity contribution < 1.29 is 17.9 Å². The van der Waals surface area contributed by atoms with Crippen molar-refractivity contribution in [2.45, 2.75) is 10.9 Å². The molecule has 0 bridgehead atoms. The predicted molar refractivity (Wildman–Crippen MR) is 115 cm³/mol. The summed E-state index contributed by atoms with van der Waals surface area (Å²) in [5, 5.41) is 0. The van der Waals surface area contributed by atoms with Crippen LogP contribution in [0.1, 0.15) is 27.8 Å². The molecule has 8 nitrogen and oxygen atoms in total. The van der Waals surface area contributed by atoms with Crippen LogP contribution in [0, 0.1) is 0 Å². The summed E-state index contributed by atoms with van der Waals surface area (Å²) < 4.78 is 32.4. The molecule has 1 atom stereocenters. The molecular formula is C22H24N4O4S. The number of ether oxygens (including phenoxy) is 1. The second kappa shape index (κ2) is 9.01. The van der Waals surface area contributed by atoms with Gasteiger partial charge in [0, 0.05) is 32.5 Å². The van der Waals surface area contributed by atoms with Crippen molar-refractivity contribution in [3.8, 4) is 0 Å². The highest BCUT2D eigenvalue weighted by Gasteiger charge is 2.30. The van der Waals surface area contributed by atoms with Gasteiger partial charge in [-0.3, -0.25) is 9.78 Å². The van der Waals surface area contributed by atoms with Gasteiger partial charge >= 0.3 is 0 Å². The maximum atomic E-state index is 13.3. The fourth-order valence-corrected chi connectivity index (χ4v) is 5.06. The number of nitrogens with one attached hydrogen (secondary N) is 1. The van der Waals surface area contributed by atoms with Gasteiger partial charge in [0.25, 0.3) is 5.91 Å². The van der Waals surface area contributed by atoms with Gasteiger partial charge in [0.1, 0.15) is 10.6 Å². The zero-order valence-electron chi connectivity index (χ0n) is 17.1. The fraction of sp³-hybridized carbons (Fsp3) is 0.273. The molecule has 1 unspecified atom stereocenters. The van der Waals surface area contributed by atoms with E-state index in [0.717, 1.165) is 11.3 Å². The number of rotatable bonds is 6. The number of benzene rings is 1. The number of carbonyl (C=O) groups excluding carboxylic acids is 1. The van der Waals surface area contributed by atoms with Gasteiger partial charge in [-0.1, -0.05) is 36.4 Å². The lowest BCUT2D eigenvalue weighted by molar-refractivity contribution is 0.0730. The number of sulfonamides is 1. The van der Waals surface area contributed by atoms with E-state index in [1.807, 2.05) is 48.5 Å². The van der Waals surface area contributed by atoms with Crippen molar-refractivity contribution in [3.63, 3.8) is 0 Å². The molecule has 3 aromatic rings. The normalized spacial score (nSPS) is 16.0. The van der Waals surface area contributed by atoms with Crippen LogP contribution in [0.4, 0.5) is 0 Å². The lowest BCUT2D eigenvalue weighted by Crippen LogP contribution is -2.40. The van der Waals surface area contributed by atoms with Crippen molar-refractivity contribution in [1.29, 1.82) is 0 Å². The van der Waals surface area contributed by atoms with E-state index in [1.54, 1.807) is 18.1 Å². The lowest BCUT2D eigenvalue weighted by Gasteiger charge is -2.28. The molecule has 1 saturated heterocycles. The molecule has 0 spiro atoms. The van der Waals surface area contributed by atoms with Crippen molar-refractivity contribution in [2.24, 2.45) is 0 Å². The maximum Gasteiger partial charge on any atom is 0.270 e. The van der Waals surface area contributed by atoms with Crippen LogP contribution >= 0.6 is 0 Å². The van der Waals surface area contributed by atoms with E-state index in [2.05, 4.69) is 9.97 Å². The molecule has 0 radical (unpaired) electrons. The van der Waals surface area contributed by atoms with Crippen LogP contribution in [0.25, 0.3) is 0 Å². The summed E-state index contributed by atoms with van der Waals surface area (Å²) in [6, 6.07) is 16.1. The summed E-state index contributed by atoms with van der Waals surface area (Å²) in [7, 11) is -2.00.